The largest absolute Gasteiger partial charge is 0.383 e. The monoisotopic (exact) mass is 512 g/mol. The van der Waals surface area contributed by atoms with Crippen LogP contribution in [0.3, 0.4) is 0 Å². The summed E-state index contributed by atoms with van der Waals surface area (Å²) in [4.78, 5) is 16.4. The summed E-state index contributed by atoms with van der Waals surface area (Å²) in [6.45, 7) is 5.40. The average molecular weight is 513 g/mol. The Kier molecular flexibility index (Phi) is 13.9. The Labute approximate surface area is 169 Å². The summed E-state index contributed by atoms with van der Waals surface area (Å²) in [5.74, 6) is 0.697. The van der Waals surface area contributed by atoms with Crippen LogP contribution in [0.5, 0.6) is 0 Å². The van der Waals surface area contributed by atoms with Crippen molar-refractivity contribution >= 4 is 51.8 Å². The molecule has 0 aliphatic heterocycles. The van der Waals surface area contributed by atoms with Crippen LogP contribution in [-0.2, 0) is 4.74 Å². The molecule has 0 aromatic heterocycles. The summed E-state index contributed by atoms with van der Waals surface area (Å²) in [6, 6.07) is 7.33. The lowest BCUT2D eigenvalue weighted by Crippen LogP contribution is -2.39. The molecule has 8 heteroatoms. The highest BCUT2D eigenvalue weighted by Crippen LogP contribution is 2.11. The maximum Gasteiger partial charge on any atom is 0.251 e. The van der Waals surface area contributed by atoms with Gasteiger partial charge in [-0.2, -0.15) is 0 Å². The van der Waals surface area contributed by atoms with Crippen molar-refractivity contribution in [3.05, 3.63) is 34.3 Å². The molecule has 1 rings (SSSR count). The number of hydrogen-bond acceptors (Lipinski definition) is 3. The number of aliphatic imine (C=N–C) groups is 1. The van der Waals surface area contributed by atoms with E-state index in [1.54, 1.807) is 19.2 Å². The van der Waals surface area contributed by atoms with Gasteiger partial charge >= 0.3 is 0 Å². The van der Waals surface area contributed by atoms with E-state index < -0.39 is 0 Å². The zero-order valence-corrected chi connectivity index (χ0v) is 18.0. The Morgan fingerprint density at radius 3 is 2.71 bits per heavy atom. The van der Waals surface area contributed by atoms with Crippen LogP contribution in [0.2, 0.25) is 0 Å². The van der Waals surface area contributed by atoms with Gasteiger partial charge in [-0.15, -0.1) is 24.0 Å². The minimum Gasteiger partial charge on any atom is -0.383 e. The first-order chi connectivity index (χ1) is 11.2. The van der Waals surface area contributed by atoms with Gasteiger partial charge in [0.05, 0.1) is 6.61 Å². The van der Waals surface area contributed by atoms with E-state index >= 15 is 0 Å². The number of guanidine groups is 1. The summed E-state index contributed by atoms with van der Waals surface area (Å²) in [5.41, 5.74) is 0.650. The van der Waals surface area contributed by atoms with Crippen LogP contribution in [0.25, 0.3) is 0 Å². The number of amides is 1. The predicted molar refractivity (Wildman–Crippen MR) is 112 cm³/mol. The van der Waals surface area contributed by atoms with E-state index in [0.29, 0.717) is 31.8 Å². The first-order valence-electron chi connectivity index (χ1n) is 7.72. The SMILES string of the molecule is CCNC(=NCCCNC(=O)c1cccc(Br)c1)NCCOC.I. The van der Waals surface area contributed by atoms with Gasteiger partial charge in [0.2, 0.25) is 0 Å². The molecule has 136 valence electrons. The molecule has 0 spiro atoms. The highest BCUT2D eigenvalue weighted by Gasteiger charge is 2.04. The number of carbonyl (C=O) groups is 1. The third-order valence-electron chi connectivity index (χ3n) is 2.92. The second-order valence-corrected chi connectivity index (χ2v) is 5.72. The van der Waals surface area contributed by atoms with E-state index in [1.165, 1.54) is 0 Å². The summed E-state index contributed by atoms with van der Waals surface area (Å²) >= 11 is 3.36. The Morgan fingerprint density at radius 1 is 1.25 bits per heavy atom. The van der Waals surface area contributed by atoms with Crippen molar-refractivity contribution in [2.24, 2.45) is 4.99 Å². The molecule has 0 aliphatic rings. The first kappa shape index (κ1) is 23.1. The Hall–Kier alpha value is -0.870. The third-order valence-corrected chi connectivity index (χ3v) is 3.41. The number of nitrogens with one attached hydrogen (secondary N) is 3. The highest BCUT2D eigenvalue weighted by molar-refractivity contribution is 14.0. The molecule has 0 fully saturated rings. The van der Waals surface area contributed by atoms with Crippen LogP contribution in [0.4, 0.5) is 0 Å². The van der Waals surface area contributed by atoms with Crippen molar-refractivity contribution in [3.8, 4) is 0 Å². The zero-order valence-electron chi connectivity index (χ0n) is 14.1. The maximum atomic E-state index is 12.0. The van der Waals surface area contributed by atoms with Crippen LogP contribution in [0.1, 0.15) is 23.7 Å². The minimum absolute atomic E-state index is 0. The van der Waals surface area contributed by atoms with Crippen molar-refractivity contribution in [3.63, 3.8) is 0 Å². The molecule has 1 amide bonds. The van der Waals surface area contributed by atoms with Gasteiger partial charge in [-0.25, -0.2) is 0 Å². The summed E-state index contributed by atoms with van der Waals surface area (Å²) < 4.78 is 5.89. The van der Waals surface area contributed by atoms with E-state index in [4.69, 9.17) is 4.74 Å². The Bertz CT molecular complexity index is 515. The molecule has 0 heterocycles. The lowest BCUT2D eigenvalue weighted by atomic mass is 10.2. The normalized spacial score (nSPS) is 10.7. The fourth-order valence-electron chi connectivity index (χ4n) is 1.82. The van der Waals surface area contributed by atoms with Crippen LogP contribution in [0.15, 0.2) is 33.7 Å². The molecule has 0 saturated heterocycles. The average Bonchev–Trinajstić information content (AvgIpc) is 2.54. The molecule has 24 heavy (non-hydrogen) atoms. The quantitative estimate of drug-likeness (QED) is 0.205. The van der Waals surface area contributed by atoms with Gasteiger partial charge < -0.3 is 20.7 Å². The zero-order chi connectivity index (χ0) is 16.9. The third kappa shape index (κ3) is 10.1. The van der Waals surface area contributed by atoms with Gasteiger partial charge in [0.25, 0.3) is 5.91 Å². The van der Waals surface area contributed by atoms with Crippen molar-refractivity contribution in [2.75, 3.05) is 39.9 Å². The number of nitrogens with zero attached hydrogens (tertiary/aromatic N) is 1. The second kappa shape index (κ2) is 14.5. The Balaban J connectivity index is 0.00000529. The van der Waals surface area contributed by atoms with Gasteiger partial charge in [-0.05, 0) is 31.5 Å². The number of carbonyl (C=O) groups excluding carboxylic acids is 1. The fourth-order valence-corrected chi connectivity index (χ4v) is 2.22. The number of ether oxygens (including phenoxy) is 1. The van der Waals surface area contributed by atoms with Gasteiger partial charge in [-0.1, -0.05) is 22.0 Å². The van der Waals surface area contributed by atoms with Crippen LogP contribution < -0.4 is 16.0 Å². The molecule has 6 nitrogen and oxygen atoms in total. The summed E-state index contributed by atoms with van der Waals surface area (Å²) in [5, 5.41) is 9.23. The van der Waals surface area contributed by atoms with Crippen molar-refractivity contribution in [1.29, 1.82) is 0 Å². The topological polar surface area (TPSA) is 74.8 Å². The summed E-state index contributed by atoms with van der Waals surface area (Å²) in [6.07, 6.45) is 0.778. The van der Waals surface area contributed by atoms with Crippen LogP contribution in [0, 0.1) is 0 Å². The molecule has 0 radical (unpaired) electrons. The molecule has 0 bridgehead atoms. The molecule has 0 saturated carbocycles. The lowest BCUT2D eigenvalue weighted by Gasteiger charge is -2.10. The molecule has 0 aliphatic carbocycles. The minimum atomic E-state index is -0.0691. The number of rotatable bonds is 9. The van der Waals surface area contributed by atoms with E-state index in [9.17, 15) is 4.79 Å². The number of benzene rings is 1. The molecule has 0 atom stereocenters. The second-order valence-electron chi connectivity index (χ2n) is 4.80. The van der Waals surface area contributed by atoms with Gasteiger partial charge in [0.15, 0.2) is 5.96 Å². The van der Waals surface area contributed by atoms with Crippen molar-refractivity contribution < 1.29 is 9.53 Å². The number of halogens is 2. The standard InChI is InChI=1S/C16H25BrN4O2.HI/c1-3-18-16(21-10-11-23-2)20-9-5-8-19-15(22)13-6-4-7-14(17)12-13;/h4,6-7,12H,3,5,8-11H2,1-2H3,(H,19,22)(H2,18,20,21);1H. The van der Waals surface area contributed by atoms with Gasteiger partial charge in [-0.3, -0.25) is 9.79 Å². The number of hydrogen-bond donors (Lipinski definition) is 3. The van der Waals surface area contributed by atoms with Gasteiger partial charge in [0, 0.05) is 43.3 Å². The smallest absolute Gasteiger partial charge is 0.251 e. The fraction of sp³-hybridized carbons (Fsp3) is 0.500. The molecule has 0 unspecified atom stereocenters. The van der Waals surface area contributed by atoms with E-state index in [0.717, 1.165) is 23.4 Å². The Morgan fingerprint density at radius 2 is 2.04 bits per heavy atom. The van der Waals surface area contributed by atoms with Crippen LogP contribution in [-0.4, -0.2) is 51.8 Å². The molecular weight excluding hydrogens is 487 g/mol. The van der Waals surface area contributed by atoms with Crippen molar-refractivity contribution in [2.45, 2.75) is 13.3 Å². The summed E-state index contributed by atoms with van der Waals surface area (Å²) in [7, 11) is 1.67. The predicted octanol–water partition coefficient (Wildman–Crippen LogP) is 2.39. The number of methoxy groups -OCH3 is 1. The van der Waals surface area contributed by atoms with Crippen LogP contribution >= 0.6 is 39.9 Å². The molecule has 1 aromatic carbocycles. The molecule has 3 N–H and O–H groups in total. The van der Waals surface area contributed by atoms with E-state index in [-0.39, 0.29) is 29.9 Å². The molecule has 1 aromatic rings. The highest BCUT2D eigenvalue weighted by atomic mass is 127. The van der Waals surface area contributed by atoms with Crippen molar-refractivity contribution in [1.82, 2.24) is 16.0 Å². The van der Waals surface area contributed by atoms with E-state index in [2.05, 4.69) is 36.9 Å². The van der Waals surface area contributed by atoms with Gasteiger partial charge in [0.1, 0.15) is 0 Å². The lowest BCUT2D eigenvalue weighted by molar-refractivity contribution is 0.0953. The first-order valence-corrected chi connectivity index (χ1v) is 8.51. The molecular formula is C16H26BrIN4O2. The maximum absolute atomic E-state index is 12.0. The van der Waals surface area contributed by atoms with E-state index in [1.807, 2.05) is 19.1 Å².